The number of aryl methyl sites for hydroxylation is 2. The second kappa shape index (κ2) is 6.35. The molecule has 21 heavy (non-hydrogen) atoms. The molecule has 0 unspecified atom stereocenters. The third-order valence-electron chi connectivity index (χ3n) is 3.02. The van der Waals surface area contributed by atoms with E-state index < -0.39 is 11.8 Å². The minimum absolute atomic E-state index is 0.143. The van der Waals surface area contributed by atoms with Crippen molar-refractivity contribution in [2.24, 2.45) is 0 Å². The third-order valence-corrected chi connectivity index (χ3v) is 3.02. The van der Waals surface area contributed by atoms with Crippen molar-refractivity contribution in [1.29, 1.82) is 0 Å². The highest BCUT2D eigenvalue weighted by atomic mass is 19.1. The van der Waals surface area contributed by atoms with Crippen LogP contribution in [0.4, 0.5) is 15.9 Å². The van der Waals surface area contributed by atoms with Gasteiger partial charge >= 0.3 is 5.97 Å². The van der Waals surface area contributed by atoms with E-state index in [1.807, 2.05) is 13.8 Å². The molecule has 0 atom stereocenters. The van der Waals surface area contributed by atoms with E-state index in [1.165, 1.54) is 12.1 Å². The number of nitrogens with zero attached hydrogens (tertiary/aromatic N) is 1. The fraction of sp³-hybridized carbons (Fsp3) is 0.250. The first-order valence-electron chi connectivity index (χ1n) is 6.77. The Balaban J connectivity index is 2.38. The van der Waals surface area contributed by atoms with Crippen LogP contribution in [0, 0.1) is 12.7 Å². The predicted octanol–water partition coefficient (Wildman–Crippen LogP) is 3.92. The summed E-state index contributed by atoms with van der Waals surface area (Å²) in [6.45, 7) is 3.84. The molecule has 0 aliphatic rings. The Morgan fingerprint density at radius 1 is 1.33 bits per heavy atom. The van der Waals surface area contributed by atoms with E-state index in [4.69, 9.17) is 5.11 Å². The van der Waals surface area contributed by atoms with Gasteiger partial charge in [-0.2, -0.15) is 0 Å². The number of halogens is 1. The van der Waals surface area contributed by atoms with Gasteiger partial charge in [-0.15, -0.1) is 0 Å². The predicted molar refractivity (Wildman–Crippen MR) is 79.6 cm³/mol. The maximum absolute atomic E-state index is 13.8. The molecule has 0 saturated heterocycles. The van der Waals surface area contributed by atoms with E-state index >= 15 is 0 Å². The molecule has 0 spiro atoms. The van der Waals surface area contributed by atoms with Gasteiger partial charge < -0.3 is 10.4 Å². The molecular formula is C16H17FN2O2. The maximum Gasteiger partial charge on any atom is 0.335 e. The van der Waals surface area contributed by atoms with Crippen molar-refractivity contribution in [3.63, 3.8) is 0 Å². The van der Waals surface area contributed by atoms with E-state index in [2.05, 4.69) is 10.3 Å². The molecule has 0 fully saturated rings. The molecule has 0 aliphatic carbocycles. The molecule has 4 nitrogen and oxygen atoms in total. The molecule has 1 aromatic heterocycles. The lowest BCUT2D eigenvalue weighted by atomic mass is 10.1. The Hall–Kier alpha value is -2.43. The van der Waals surface area contributed by atoms with Crippen molar-refractivity contribution in [2.45, 2.75) is 26.7 Å². The number of carboxylic acids is 1. The Labute approximate surface area is 122 Å². The van der Waals surface area contributed by atoms with E-state index in [0.29, 0.717) is 17.9 Å². The van der Waals surface area contributed by atoms with Gasteiger partial charge in [0.15, 0.2) is 0 Å². The number of carboxylic acid groups (broad SMARTS) is 1. The molecule has 5 heteroatoms. The van der Waals surface area contributed by atoms with Gasteiger partial charge in [0.1, 0.15) is 11.6 Å². The van der Waals surface area contributed by atoms with Crippen LogP contribution in [-0.2, 0) is 6.42 Å². The summed E-state index contributed by atoms with van der Waals surface area (Å²) in [6.07, 6.45) is 1.53. The minimum atomic E-state index is -1.03. The normalized spacial score (nSPS) is 10.4. The summed E-state index contributed by atoms with van der Waals surface area (Å²) in [5.41, 5.74) is 2.01. The highest BCUT2D eigenvalue weighted by molar-refractivity contribution is 5.88. The lowest BCUT2D eigenvalue weighted by Gasteiger charge is -2.10. The number of hydrogen-bond acceptors (Lipinski definition) is 3. The second-order valence-corrected chi connectivity index (χ2v) is 4.90. The van der Waals surface area contributed by atoms with Gasteiger partial charge in [-0.25, -0.2) is 14.2 Å². The number of anilines is 2. The molecule has 0 radical (unpaired) electrons. The SMILES string of the molecule is CCCc1cc(C(=O)O)cc(Nc2cc(C)ccc2F)n1. The zero-order valence-corrected chi connectivity index (χ0v) is 12.0. The third kappa shape index (κ3) is 3.78. The molecule has 2 rings (SSSR count). The first kappa shape index (κ1) is 15.0. The fourth-order valence-corrected chi connectivity index (χ4v) is 2.03. The van der Waals surface area contributed by atoms with E-state index in [1.54, 1.807) is 18.2 Å². The smallest absolute Gasteiger partial charge is 0.335 e. The zero-order valence-electron chi connectivity index (χ0n) is 12.0. The summed E-state index contributed by atoms with van der Waals surface area (Å²) in [4.78, 5) is 15.5. The van der Waals surface area contributed by atoms with Gasteiger partial charge in [0, 0.05) is 5.69 Å². The Bertz CT molecular complexity index is 671. The van der Waals surface area contributed by atoms with Crippen LogP contribution < -0.4 is 5.32 Å². The molecule has 0 saturated carbocycles. The molecule has 0 aliphatic heterocycles. The van der Waals surface area contributed by atoms with Crippen LogP contribution >= 0.6 is 0 Å². The molecule has 0 bridgehead atoms. The van der Waals surface area contributed by atoms with E-state index in [9.17, 15) is 9.18 Å². The average molecular weight is 288 g/mol. The van der Waals surface area contributed by atoms with Crippen molar-refractivity contribution >= 4 is 17.5 Å². The van der Waals surface area contributed by atoms with Crippen LogP contribution in [0.5, 0.6) is 0 Å². The molecule has 2 aromatic rings. The van der Waals surface area contributed by atoms with E-state index in [0.717, 1.165) is 12.0 Å². The van der Waals surface area contributed by atoms with Crippen LogP contribution in [0.25, 0.3) is 0 Å². The Kier molecular flexibility index (Phi) is 4.52. The molecule has 2 N–H and O–H groups in total. The van der Waals surface area contributed by atoms with E-state index in [-0.39, 0.29) is 11.3 Å². The molecule has 1 heterocycles. The number of aromatic carboxylic acids is 1. The standard InChI is InChI=1S/C16H17FN2O2/c1-3-4-12-8-11(16(20)21)9-15(18-12)19-14-7-10(2)5-6-13(14)17/h5-9H,3-4H2,1-2H3,(H,18,19)(H,20,21). The number of benzene rings is 1. The van der Waals surface area contributed by atoms with Crippen molar-refractivity contribution in [1.82, 2.24) is 4.98 Å². The van der Waals surface area contributed by atoms with Crippen molar-refractivity contribution in [2.75, 3.05) is 5.32 Å². The van der Waals surface area contributed by atoms with Crippen LogP contribution in [0.15, 0.2) is 30.3 Å². The largest absolute Gasteiger partial charge is 0.478 e. The summed E-state index contributed by atoms with van der Waals surface area (Å²) < 4.78 is 13.8. The molecular weight excluding hydrogens is 271 g/mol. The fourth-order valence-electron chi connectivity index (χ4n) is 2.03. The van der Waals surface area contributed by atoms with Crippen LogP contribution in [-0.4, -0.2) is 16.1 Å². The maximum atomic E-state index is 13.8. The Morgan fingerprint density at radius 2 is 2.10 bits per heavy atom. The summed E-state index contributed by atoms with van der Waals surface area (Å²) >= 11 is 0. The van der Waals surface area contributed by atoms with Crippen molar-refractivity contribution < 1.29 is 14.3 Å². The van der Waals surface area contributed by atoms with Crippen LogP contribution in [0.3, 0.4) is 0 Å². The number of hydrogen-bond donors (Lipinski definition) is 2. The highest BCUT2D eigenvalue weighted by Crippen LogP contribution is 2.21. The Morgan fingerprint density at radius 3 is 2.76 bits per heavy atom. The zero-order chi connectivity index (χ0) is 15.4. The number of rotatable bonds is 5. The number of aromatic nitrogens is 1. The summed E-state index contributed by atoms with van der Waals surface area (Å²) in [5, 5.41) is 12.0. The summed E-state index contributed by atoms with van der Waals surface area (Å²) in [5.74, 6) is -1.09. The van der Waals surface area contributed by atoms with Gasteiger partial charge in [0.05, 0.1) is 11.3 Å². The van der Waals surface area contributed by atoms with Gasteiger partial charge in [-0.3, -0.25) is 0 Å². The second-order valence-electron chi connectivity index (χ2n) is 4.90. The number of carbonyl (C=O) groups is 1. The highest BCUT2D eigenvalue weighted by Gasteiger charge is 2.10. The molecule has 110 valence electrons. The lowest BCUT2D eigenvalue weighted by molar-refractivity contribution is 0.0696. The average Bonchev–Trinajstić information content (AvgIpc) is 2.43. The van der Waals surface area contributed by atoms with Crippen molar-refractivity contribution in [3.05, 3.63) is 53.0 Å². The van der Waals surface area contributed by atoms with Crippen LogP contribution in [0.1, 0.15) is 35.0 Å². The molecule has 1 aromatic carbocycles. The summed E-state index contributed by atoms with van der Waals surface area (Å²) in [7, 11) is 0. The van der Waals surface area contributed by atoms with Crippen LogP contribution in [0.2, 0.25) is 0 Å². The van der Waals surface area contributed by atoms with Gasteiger partial charge in [0.25, 0.3) is 0 Å². The van der Waals surface area contributed by atoms with Gasteiger partial charge in [0.2, 0.25) is 0 Å². The quantitative estimate of drug-likeness (QED) is 0.875. The molecule has 0 amide bonds. The van der Waals surface area contributed by atoms with Crippen molar-refractivity contribution in [3.8, 4) is 0 Å². The summed E-state index contributed by atoms with van der Waals surface area (Å²) in [6, 6.07) is 7.65. The topological polar surface area (TPSA) is 62.2 Å². The monoisotopic (exact) mass is 288 g/mol. The van der Waals surface area contributed by atoms with Gasteiger partial charge in [-0.05, 0) is 43.2 Å². The number of pyridine rings is 1. The van der Waals surface area contributed by atoms with Gasteiger partial charge in [-0.1, -0.05) is 19.4 Å². The minimum Gasteiger partial charge on any atom is -0.478 e. The number of nitrogens with one attached hydrogen (secondary N) is 1. The first-order chi connectivity index (χ1) is 9.99. The lowest BCUT2D eigenvalue weighted by Crippen LogP contribution is -2.04. The first-order valence-corrected chi connectivity index (χ1v) is 6.77.